The summed E-state index contributed by atoms with van der Waals surface area (Å²) in [6.45, 7) is 3.88. The van der Waals surface area contributed by atoms with Crippen molar-refractivity contribution in [1.82, 2.24) is 14.7 Å². The smallest absolute Gasteiger partial charge is 0.258 e. The molecule has 1 saturated heterocycles. The normalized spacial score (nSPS) is 21.0. The Morgan fingerprint density at radius 3 is 2.74 bits per heavy atom. The Hall–Kier alpha value is -2.21. The Morgan fingerprint density at radius 2 is 2.13 bits per heavy atom. The molecule has 1 aliphatic rings. The number of hydrogen-bond acceptors (Lipinski definition) is 3. The molecule has 0 aliphatic carbocycles. The first-order valence-electron chi connectivity index (χ1n) is 7.63. The zero-order valence-corrected chi connectivity index (χ0v) is 13.5. The van der Waals surface area contributed by atoms with E-state index in [9.17, 15) is 14.3 Å². The van der Waals surface area contributed by atoms with Gasteiger partial charge in [-0.15, -0.1) is 0 Å². The van der Waals surface area contributed by atoms with Crippen LogP contribution in [-0.2, 0) is 7.05 Å². The molecule has 1 aromatic carbocycles. The number of carbonyl (C=O) groups is 1. The van der Waals surface area contributed by atoms with Gasteiger partial charge < -0.3 is 10.0 Å². The second-order valence-electron chi connectivity index (χ2n) is 6.09. The monoisotopic (exact) mass is 317 g/mol. The summed E-state index contributed by atoms with van der Waals surface area (Å²) in [7, 11) is 1.79. The number of aromatic nitrogens is 2. The lowest BCUT2D eigenvalue weighted by atomic mass is 10.0. The van der Waals surface area contributed by atoms with Crippen LogP contribution < -0.4 is 0 Å². The van der Waals surface area contributed by atoms with E-state index in [-0.39, 0.29) is 24.3 Å². The minimum atomic E-state index is -0.607. The molecule has 2 aromatic rings. The van der Waals surface area contributed by atoms with Crippen LogP contribution in [0.1, 0.15) is 39.8 Å². The van der Waals surface area contributed by atoms with Crippen molar-refractivity contribution in [3.63, 3.8) is 0 Å². The van der Waals surface area contributed by atoms with Crippen molar-refractivity contribution in [1.29, 1.82) is 0 Å². The summed E-state index contributed by atoms with van der Waals surface area (Å²) in [5.41, 5.74) is 2.71. The van der Waals surface area contributed by atoms with Crippen LogP contribution in [0, 0.1) is 19.7 Å². The summed E-state index contributed by atoms with van der Waals surface area (Å²) in [6.07, 6.45) is -0.197. The fourth-order valence-electron chi connectivity index (χ4n) is 3.29. The van der Waals surface area contributed by atoms with E-state index < -0.39 is 6.10 Å². The number of aryl methyl sites for hydroxylation is 2. The summed E-state index contributed by atoms with van der Waals surface area (Å²) in [4.78, 5) is 14.6. The highest BCUT2D eigenvalue weighted by Gasteiger charge is 2.37. The minimum absolute atomic E-state index is 0.168. The third-order valence-corrected chi connectivity index (χ3v) is 4.50. The predicted octanol–water partition coefficient (Wildman–Crippen LogP) is 2.12. The zero-order valence-electron chi connectivity index (χ0n) is 13.5. The van der Waals surface area contributed by atoms with Gasteiger partial charge in [0.2, 0.25) is 0 Å². The van der Waals surface area contributed by atoms with Gasteiger partial charge in [-0.3, -0.25) is 9.48 Å². The van der Waals surface area contributed by atoms with Crippen molar-refractivity contribution in [2.45, 2.75) is 32.4 Å². The Kier molecular flexibility index (Phi) is 3.93. The van der Waals surface area contributed by atoms with Crippen LogP contribution in [0.25, 0.3) is 0 Å². The molecule has 23 heavy (non-hydrogen) atoms. The van der Waals surface area contributed by atoms with Gasteiger partial charge in [0, 0.05) is 19.3 Å². The number of hydrogen-bond donors (Lipinski definition) is 1. The van der Waals surface area contributed by atoms with Crippen molar-refractivity contribution < 1.29 is 14.3 Å². The van der Waals surface area contributed by atoms with Crippen LogP contribution in [0.2, 0.25) is 0 Å². The molecule has 3 rings (SSSR count). The van der Waals surface area contributed by atoms with Crippen molar-refractivity contribution in [3.05, 3.63) is 52.6 Å². The molecule has 5 nitrogen and oxygen atoms in total. The van der Waals surface area contributed by atoms with Gasteiger partial charge in [0.05, 0.1) is 23.4 Å². The molecule has 1 N–H and O–H groups in total. The lowest BCUT2D eigenvalue weighted by Crippen LogP contribution is -2.32. The number of benzene rings is 1. The van der Waals surface area contributed by atoms with E-state index in [4.69, 9.17) is 0 Å². The maximum atomic E-state index is 13.5. The van der Waals surface area contributed by atoms with Gasteiger partial charge in [-0.05, 0) is 38.0 Å². The second-order valence-corrected chi connectivity index (χ2v) is 6.09. The van der Waals surface area contributed by atoms with Crippen molar-refractivity contribution >= 4 is 5.91 Å². The summed E-state index contributed by atoms with van der Waals surface area (Å²) < 4.78 is 15.2. The second kappa shape index (κ2) is 5.77. The number of nitrogens with zero attached hydrogens (tertiary/aromatic N) is 3. The lowest BCUT2D eigenvalue weighted by molar-refractivity contribution is 0.0714. The van der Waals surface area contributed by atoms with E-state index in [1.54, 1.807) is 35.7 Å². The van der Waals surface area contributed by atoms with Crippen LogP contribution in [0.5, 0.6) is 0 Å². The van der Waals surface area contributed by atoms with Gasteiger partial charge in [-0.25, -0.2) is 4.39 Å². The molecule has 0 saturated carbocycles. The number of amides is 1. The fourth-order valence-corrected chi connectivity index (χ4v) is 3.29. The van der Waals surface area contributed by atoms with Crippen LogP contribution in [0.4, 0.5) is 4.39 Å². The van der Waals surface area contributed by atoms with Crippen molar-refractivity contribution in [3.8, 4) is 0 Å². The quantitative estimate of drug-likeness (QED) is 0.923. The van der Waals surface area contributed by atoms with Crippen LogP contribution >= 0.6 is 0 Å². The molecule has 1 amide bonds. The number of carbonyl (C=O) groups excluding carboxylic acids is 1. The Bertz CT molecular complexity index is 756. The Labute approximate surface area is 134 Å². The maximum absolute atomic E-state index is 13.5. The van der Waals surface area contributed by atoms with Gasteiger partial charge in [0.25, 0.3) is 5.91 Å². The lowest BCUT2D eigenvalue weighted by Gasteiger charge is -2.25. The third kappa shape index (κ3) is 2.74. The number of halogens is 1. The molecule has 0 spiro atoms. The fraction of sp³-hybridized carbons (Fsp3) is 0.412. The van der Waals surface area contributed by atoms with Crippen molar-refractivity contribution in [2.75, 3.05) is 6.54 Å². The molecular weight excluding hydrogens is 297 g/mol. The van der Waals surface area contributed by atoms with E-state index >= 15 is 0 Å². The average Bonchev–Trinajstić information content (AvgIpc) is 2.99. The predicted molar refractivity (Wildman–Crippen MR) is 83.5 cm³/mol. The van der Waals surface area contributed by atoms with Gasteiger partial charge in [-0.2, -0.15) is 5.10 Å². The molecular formula is C17H20FN3O2. The molecule has 2 atom stereocenters. The van der Waals surface area contributed by atoms with Crippen LogP contribution in [0.15, 0.2) is 24.3 Å². The highest BCUT2D eigenvalue weighted by molar-refractivity contribution is 5.97. The molecule has 2 heterocycles. The molecule has 0 bridgehead atoms. The highest BCUT2D eigenvalue weighted by atomic mass is 19.1. The molecule has 0 unspecified atom stereocenters. The average molecular weight is 317 g/mol. The third-order valence-electron chi connectivity index (χ3n) is 4.50. The minimum Gasteiger partial charge on any atom is -0.391 e. The first-order valence-corrected chi connectivity index (χ1v) is 7.63. The standard InChI is InChI=1S/C17H20FN3O2/c1-10-16(11(2)20(3)19-10)17(23)21-9-14(22)8-15(21)12-5-4-6-13(18)7-12/h4-7,14-15,22H,8-9H2,1-3H3/t14-,15-/m0/s1. The van der Waals surface area contributed by atoms with Crippen LogP contribution in [0.3, 0.4) is 0 Å². The maximum Gasteiger partial charge on any atom is 0.258 e. The zero-order chi connectivity index (χ0) is 16.7. The van der Waals surface area contributed by atoms with Crippen LogP contribution in [-0.4, -0.2) is 38.3 Å². The Morgan fingerprint density at radius 1 is 1.39 bits per heavy atom. The number of likely N-dealkylation sites (tertiary alicyclic amines) is 1. The van der Waals surface area contributed by atoms with E-state index in [1.165, 1.54) is 12.1 Å². The Balaban J connectivity index is 1.98. The van der Waals surface area contributed by atoms with E-state index in [2.05, 4.69) is 5.10 Å². The summed E-state index contributed by atoms with van der Waals surface area (Å²) in [5.74, 6) is -0.510. The molecule has 1 aliphatic heterocycles. The summed E-state index contributed by atoms with van der Waals surface area (Å²) in [5, 5.41) is 14.3. The summed E-state index contributed by atoms with van der Waals surface area (Å²) in [6, 6.07) is 5.88. The largest absolute Gasteiger partial charge is 0.391 e. The summed E-state index contributed by atoms with van der Waals surface area (Å²) >= 11 is 0. The van der Waals surface area contributed by atoms with Crippen molar-refractivity contribution in [2.24, 2.45) is 7.05 Å². The van der Waals surface area contributed by atoms with Gasteiger partial charge in [0.15, 0.2) is 0 Å². The SMILES string of the molecule is Cc1nn(C)c(C)c1C(=O)N1C[C@@H](O)C[C@H]1c1cccc(F)c1. The van der Waals surface area contributed by atoms with Gasteiger partial charge in [0.1, 0.15) is 5.82 Å². The van der Waals surface area contributed by atoms with Gasteiger partial charge in [-0.1, -0.05) is 12.1 Å². The molecule has 1 aromatic heterocycles. The molecule has 6 heteroatoms. The molecule has 122 valence electrons. The van der Waals surface area contributed by atoms with Gasteiger partial charge >= 0.3 is 0 Å². The first-order chi connectivity index (χ1) is 10.9. The highest BCUT2D eigenvalue weighted by Crippen LogP contribution is 2.34. The molecule has 0 radical (unpaired) electrons. The number of β-amino-alcohol motifs (C(OH)–C–C–N with tert-alkyl or cyclic N) is 1. The first kappa shape index (κ1) is 15.7. The molecule has 1 fully saturated rings. The number of aliphatic hydroxyl groups excluding tert-OH is 1. The number of rotatable bonds is 2. The topological polar surface area (TPSA) is 58.4 Å². The van der Waals surface area contributed by atoms with E-state index in [1.807, 2.05) is 6.92 Å². The van der Waals surface area contributed by atoms with E-state index in [0.717, 1.165) is 5.69 Å². The number of aliphatic hydroxyl groups is 1. The van der Waals surface area contributed by atoms with E-state index in [0.29, 0.717) is 23.2 Å².